The zero-order valence-corrected chi connectivity index (χ0v) is 28.6. The van der Waals surface area contributed by atoms with Crippen LogP contribution in [0.15, 0.2) is 24.3 Å². The van der Waals surface area contributed by atoms with Crippen molar-refractivity contribution in [1.29, 1.82) is 0 Å². The number of carbonyl (C=O) groups excluding carboxylic acids is 1. The number of hydrogen-bond acceptors (Lipinski definition) is 4. The zero-order valence-electron chi connectivity index (χ0n) is 28.6. The molecule has 5 nitrogen and oxygen atoms in total. The van der Waals surface area contributed by atoms with Gasteiger partial charge in [-0.05, 0) is 38.5 Å². The summed E-state index contributed by atoms with van der Waals surface area (Å²) in [5.41, 5.74) is 0. The summed E-state index contributed by atoms with van der Waals surface area (Å²) in [7, 11) is 0. The molecule has 0 saturated carbocycles. The molecule has 0 aliphatic rings. The van der Waals surface area contributed by atoms with Crippen LogP contribution in [-0.4, -0.2) is 46.1 Å². The summed E-state index contributed by atoms with van der Waals surface area (Å²) in [5.74, 6) is -0.151. The molecular formula is C38H73NO4. The molecular weight excluding hydrogens is 534 g/mol. The lowest BCUT2D eigenvalue weighted by Crippen LogP contribution is -2.50. The fourth-order valence-corrected chi connectivity index (χ4v) is 5.62. The van der Waals surface area contributed by atoms with Crippen LogP contribution >= 0.6 is 0 Å². The first kappa shape index (κ1) is 41.8. The van der Waals surface area contributed by atoms with E-state index < -0.39 is 18.2 Å². The monoisotopic (exact) mass is 608 g/mol. The van der Waals surface area contributed by atoms with Gasteiger partial charge in [-0.3, -0.25) is 4.79 Å². The average Bonchev–Trinajstić information content (AvgIpc) is 3.01. The highest BCUT2D eigenvalue weighted by Gasteiger charge is 2.26. The number of rotatable bonds is 33. The smallest absolute Gasteiger partial charge is 0.220 e. The van der Waals surface area contributed by atoms with Gasteiger partial charge in [0.05, 0.1) is 18.8 Å². The lowest BCUT2D eigenvalue weighted by Gasteiger charge is -2.26. The number of unbranched alkanes of at least 4 members (excludes halogenated alkanes) is 22. The maximum absolute atomic E-state index is 12.3. The van der Waals surface area contributed by atoms with Crippen LogP contribution in [0.1, 0.15) is 187 Å². The van der Waals surface area contributed by atoms with Gasteiger partial charge in [0, 0.05) is 6.42 Å². The number of aliphatic hydroxyl groups is 3. The second-order valence-corrected chi connectivity index (χ2v) is 12.8. The van der Waals surface area contributed by atoms with Gasteiger partial charge in [-0.1, -0.05) is 167 Å². The Bertz CT molecular complexity index is 635. The summed E-state index contributed by atoms with van der Waals surface area (Å²) < 4.78 is 0. The van der Waals surface area contributed by atoms with Crippen molar-refractivity contribution in [2.45, 2.75) is 205 Å². The maximum atomic E-state index is 12.3. The Morgan fingerprint density at radius 1 is 0.581 bits per heavy atom. The molecule has 43 heavy (non-hydrogen) atoms. The Morgan fingerprint density at radius 3 is 1.47 bits per heavy atom. The molecule has 0 aromatic rings. The third kappa shape index (κ3) is 29.3. The summed E-state index contributed by atoms with van der Waals surface area (Å²) in [5, 5.41) is 33.3. The molecule has 3 atom stereocenters. The topological polar surface area (TPSA) is 89.8 Å². The molecule has 0 aromatic heterocycles. The average molecular weight is 608 g/mol. The normalized spacial score (nSPS) is 14.1. The van der Waals surface area contributed by atoms with Crippen LogP contribution in [0.2, 0.25) is 0 Å². The van der Waals surface area contributed by atoms with E-state index in [9.17, 15) is 20.1 Å². The van der Waals surface area contributed by atoms with Gasteiger partial charge in [-0.15, -0.1) is 0 Å². The van der Waals surface area contributed by atoms with Gasteiger partial charge in [-0.2, -0.15) is 0 Å². The summed E-state index contributed by atoms with van der Waals surface area (Å²) in [6, 6.07) is -0.807. The minimum Gasteiger partial charge on any atom is -0.394 e. The third-order valence-corrected chi connectivity index (χ3v) is 8.59. The molecule has 3 unspecified atom stereocenters. The Morgan fingerprint density at radius 2 is 0.977 bits per heavy atom. The van der Waals surface area contributed by atoms with Crippen LogP contribution in [0, 0.1) is 0 Å². The Hall–Kier alpha value is -1.17. The molecule has 0 aromatic carbocycles. The minimum absolute atomic E-state index is 0.151. The number of carbonyl (C=O) groups is 1. The van der Waals surface area contributed by atoms with E-state index in [2.05, 4.69) is 43.5 Å². The first-order valence-corrected chi connectivity index (χ1v) is 18.6. The van der Waals surface area contributed by atoms with Crippen molar-refractivity contribution in [3.8, 4) is 0 Å². The lowest BCUT2D eigenvalue weighted by molar-refractivity contribution is -0.124. The van der Waals surface area contributed by atoms with Crippen molar-refractivity contribution in [2.24, 2.45) is 0 Å². The van der Waals surface area contributed by atoms with E-state index in [1.54, 1.807) is 0 Å². The number of hydrogen-bond donors (Lipinski definition) is 4. The minimum atomic E-state index is -1.13. The van der Waals surface area contributed by atoms with Crippen molar-refractivity contribution >= 4 is 5.91 Å². The van der Waals surface area contributed by atoms with Crippen molar-refractivity contribution < 1.29 is 20.1 Å². The van der Waals surface area contributed by atoms with Gasteiger partial charge in [0.15, 0.2) is 0 Å². The number of aliphatic hydroxyl groups excluding tert-OH is 3. The van der Waals surface area contributed by atoms with E-state index in [0.29, 0.717) is 12.8 Å². The summed E-state index contributed by atoms with van der Waals surface area (Å²) >= 11 is 0. The van der Waals surface area contributed by atoms with Crippen LogP contribution in [0.5, 0.6) is 0 Å². The molecule has 0 aliphatic heterocycles. The van der Waals surface area contributed by atoms with Gasteiger partial charge >= 0.3 is 0 Å². The molecule has 0 aliphatic carbocycles. The molecule has 4 N–H and O–H groups in total. The molecule has 0 bridgehead atoms. The van der Waals surface area contributed by atoms with Crippen LogP contribution < -0.4 is 5.32 Å². The van der Waals surface area contributed by atoms with Crippen molar-refractivity contribution in [1.82, 2.24) is 5.32 Å². The molecule has 0 fully saturated rings. The molecule has 0 spiro atoms. The highest BCUT2D eigenvalue weighted by molar-refractivity contribution is 5.76. The van der Waals surface area contributed by atoms with E-state index in [1.807, 2.05) is 0 Å². The van der Waals surface area contributed by atoms with Crippen molar-refractivity contribution in [3.63, 3.8) is 0 Å². The summed E-state index contributed by atoms with van der Waals surface area (Å²) in [6.07, 6.45) is 38.4. The highest BCUT2D eigenvalue weighted by atomic mass is 16.3. The molecule has 1 amide bonds. The molecule has 0 radical (unpaired) electrons. The second kappa shape index (κ2) is 33.7. The Kier molecular flexibility index (Phi) is 32.8. The summed E-state index contributed by atoms with van der Waals surface area (Å²) in [6.45, 7) is 4.12. The number of amides is 1. The van der Waals surface area contributed by atoms with Crippen molar-refractivity contribution in [3.05, 3.63) is 24.3 Å². The molecule has 254 valence electrons. The predicted octanol–water partition coefficient (Wildman–Crippen LogP) is 9.87. The van der Waals surface area contributed by atoms with E-state index in [4.69, 9.17) is 0 Å². The quantitative estimate of drug-likeness (QED) is 0.0441. The number of allylic oxidation sites excluding steroid dienone is 4. The van der Waals surface area contributed by atoms with E-state index >= 15 is 0 Å². The van der Waals surface area contributed by atoms with Gasteiger partial charge in [0.1, 0.15) is 6.10 Å². The zero-order chi connectivity index (χ0) is 31.6. The molecule has 5 heteroatoms. The predicted molar refractivity (Wildman–Crippen MR) is 185 cm³/mol. The Labute approximate surface area is 267 Å². The van der Waals surface area contributed by atoms with Gasteiger partial charge in [0.25, 0.3) is 0 Å². The van der Waals surface area contributed by atoms with Gasteiger partial charge in [-0.25, -0.2) is 0 Å². The number of nitrogens with one attached hydrogen (secondary N) is 1. The van der Waals surface area contributed by atoms with Gasteiger partial charge < -0.3 is 20.6 Å². The summed E-state index contributed by atoms with van der Waals surface area (Å²) in [4.78, 5) is 12.3. The maximum Gasteiger partial charge on any atom is 0.220 e. The highest BCUT2D eigenvalue weighted by Crippen LogP contribution is 2.15. The van der Waals surface area contributed by atoms with Crippen LogP contribution in [-0.2, 0) is 4.79 Å². The fraction of sp³-hybridized carbons (Fsp3) is 0.868. The van der Waals surface area contributed by atoms with Crippen LogP contribution in [0.3, 0.4) is 0 Å². The van der Waals surface area contributed by atoms with Crippen LogP contribution in [0.25, 0.3) is 0 Å². The van der Waals surface area contributed by atoms with E-state index in [0.717, 1.165) is 38.5 Å². The largest absolute Gasteiger partial charge is 0.394 e. The van der Waals surface area contributed by atoms with Gasteiger partial charge in [0.2, 0.25) is 5.91 Å². The first-order valence-electron chi connectivity index (χ1n) is 18.6. The lowest BCUT2D eigenvalue weighted by atomic mass is 9.99. The second-order valence-electron chi connectivity index (χ2n) is 12.8. The third-order valence-electron chi connectivity index (χ3n) is 8.59. The molecule has 0 heterocycles. The van der Waals surface area contributed by atoms with Crippen molar-refractivity contribution in [2.75, 3.05) is 6.61 Å². The fourth-order valence-electron chi connectivity index (χ4n) is 5.62. The first-order chi connectivity index (χ1) is 21.1. The molecule has 0 rings (SSSR count). The molecule has 0 saturated heterocycles. The van der Waals surface area contributed by atoms with E-state index in [-0.39, 0.29) is 12.5 Å². The SMILES string of the molecule is CCCCC/C=C\C=C/CCCCCCCCCCCCC(=O)NC(CO)C(O)C(O)CCCCCCCCCCCC. The van der Waals surface area contributed by atoms with E-state index in [1.165, 1.54) is 122 Å². The van der Waals surface area contributed by atoms with Crippen LogP contribution in [0.4, 0.5) is 0 Å². The standard InChI is InChI=1S/C38H73NO4/c1-3-5-7-9-11-13-15-16-17-18-19-20-21-22-23-25-27-29-31-33-37(42)39-35(34-40)38(43)36(41)32-30-28-26-24-14-12-10-8-6-4-2/h11,13,15-16,35-36,38,40-41,43H,3-10,12,14,17-34H2,1-2H3,(H,39,42)/b13-11-,16-15-. The Balaban J connectivity index is 3.66.